The van der Waals surface area contributed by atoms with Gasteiger partial charge in [-0.25, -0.2) is 0 Å². The van der Waals surface area contributed by atoms with Crippen molar-refractivity contribution in [3.8, 4) is 0 Å². The molecule has 1 aromatic heterocycles. The summed E-state index contributed by atoms with van der Waals surface area (Å²) in [4.78, 5) is 0. The van der Waals surface area contributed by atoms with E-state index in [0.717, 1.165) is 17.9 Å². The highest BCUT2D eigenvalue weighted by molar-refractivity contribution is 5.33. The van der Waals surface area contributed by atoms with E-state index in [2.05, 4.69) is 25.9 Å². The first-order valence-electron chi connectivity index (χ1n) is 4.27. The third-order valence-electron chi connectivity index (χ3n) is 2.49. The van der Waals surface area contributed by atoms with E-state index in [0.29, 0.717) is 0 Å². The van der Waals surface area contributed by atoms with Crippen molar-refractivity contribution >= 4 is 5.82 Å². The topological polar surface area (TPSA) is 43.8 Å². The van der Waals surface area contributed by atoms with Gasteiger partial charge in [0.15, 0.2) is 0 Å². The lowest BCUT2D eigenvalue weighted by molar-refractivity contribution is 0.482. The van der Waals surface area contributed by atoms with Crippen LogP contribution in [0.4, 0.5) is 5.82 Å². The molecule has 1 heterocycles. The van der Waals surface area contributed by atoms with E-state index >= 15 is 0 Å². The van der Waals surface area contributed by atoms with Crippen molar-refractivity contribution in [2.45, 2.75) is 32.6 Å². The number of anilines is 1. The van der Waals surface area contributed by atoms with Crippen molar-refractivity contribution in [3.05, 3.63) is 11.8 Å². The molecule has 1 aromatic rings. The van der Waals surface area contributed by atoms with Gasteiger partial charge in [-0.05, 0) is 6.42 Å². The first-order chi connectivity index (χ1) is 5.47. The summed E-state index contributed by atoms with van der Waals surface area (Å²) < 4.78 is 1.72. The number of aromatic nitrogens is 2. The molecule has 0 atom stereocenters. The number of hydrogen-bond acceptors (Lipinski definition) is 2. The minimum atomic E-state index is 0.134. The molecule has 1 rings (SSSR count). The Hall–Kier alpha value is -0.990. The van der Waals surface area contributed by atoms with E-state index in [1.165, 1.54) is 0 Å². The fraction of sp³-hybridized carbons (Fsp3) is 0.667. The summed E-state index contributed by atoms with van der Waals surface area (Å²) in [6.45, 7) is 6.51. The van der Waals surface area contributed by atoms with Gasteiger partial charge in [-0.3, -0.25) is 4.68 Å². The highest BCUT2D eigenvalue weighted by atomic mass is 15.3. The molecule has 0 aromatic carbocycles. The molecule has 3 nitrogen and oxygen atoms in total. The second-order valence-corrected chi connectivity index (χ2v) is 3.82. The van der Waals surface area contributed by atoms with E-state index in [1.807, 2.05) is 13.1 Å². The molecule has 0 radical (unpaired) electrons. The van der Waals surface area contributed by atoms with Gasteiger partial charge < -0.3 is 5.73 Å². The summed E-state index contributed by atoms with van der Waals surface area (Å²) >= 11 is 0. The van der Waals surface area contributed by atoms with Gasteiger partial charge in [-0.2, -0.15) is 5.10 Å². The molecular formula is C9H17N3. The zero-order chi connectivity index (χ0) is 9.35. The number of rotatable bonds is 2. The number of nitrogens with two attached hydrogens (primary N) is 1. The number of nitrogen functional groups attached to an aromatic ring is 1. The standard InChI is InChI=1S/C9H17N3/c1-5-9(2,3)7-6-8(10)12(4)11-7/h6H,5,10H2,1-4H3. The third kappa shape index (κ3) is 1.44. The molecule has 0 bridgehead atoms. The summed E-state index contributed by atoms with van der Waals surface area (Å²) in [5.74, 6) is 0.728. The maximum Gasteiger partial charge on any atom is 0.121 e. The zero-order valence-corrected chi connectivity index (χ0v) is 8.26. The second kappa shape index (κ2) is 2.81. The maximum absolute atomic E-state index is 5.69. The Labute approximate surface area is 73.6 Å². The Bertz CT molecular complexity index is 254. The molecule has 0 saturated heterocycles. The van der Waals surface area contributed by atoms with Crippen LogP contribution in [0.25, 0.3) is 0 Å². The molecule has 0 saturated carbocycles. The Morgan fingerprint density at radius 1 is 1.58 bits per heavy atom. The van der Waals surface area contributed by atoms with E-state index in [9.17, 15) is 0 Å². The summed E-state index contributed by atoms with van der Waals surface area (Å²) in [6, 6.07) is 1.95. The Kier molecular flexibility index (Phi) is 2.13. The number of nitrogens with zero attached hydrogens (tertiary/aromatic N) is 2. The van der Waals surface area contributed by atoms with Crippen molar-refractivity contribution in [1.29, 1.82) is 0 Å². The zero-order valence-electron chi connectivity index (χ0n) is 8.26. The van der Waals surface area contributed by atoms with Crippen molar-refractivity contribution < 1.29 is 0 Å². The summed E-state index contributed by atoms with van der Waals surface area (Å²) in [5.41, 5.74) is 6.90. The van der Waals surface area contributed by atoms with Crippen molar-refractivity contribution in [3.63, 3.8) is 0 Å². The molecule has 0 spiro atoms. The van der Waals surface area contributed by atoms with Crippen LogP contribution < -0.4 is 5.73 Å². The molecule has 0 aliphatic rings. The molecule has 0 fully saturated rings. The Morgan fingerprint density at radius 3 is 2.50 bits per heavy atom. The van der Waals surface area contributed by atoms with Crippen LogP contribution in [-0.2, 0) is 12.5 Å². The molecule has 0 amide bonds. The lowest BCUT2D eigenvalue weighted by atomic mass is 9.87. The van der Waals surface area contributed by atoms with Crippen LogP contribution in [0.1, 0.15) is 32.9 Å². The van der Waals surface area contributed by atoms with Crippen LogP contribution in [0.5, 0.6) is 0 Å². The van der Waals surface area contributed by atoms with Gasteiger partial charge >= 0.3 is 0 Å². The normalized spacial score (nSPS) is 12.0. The number of hydrogen-bond donors (Lipinski definition) is 1. The average Bonchev–Trinajstić information content (AvgIpc) is 2.33. The highest BCUT2D eigenvalue weighted by Crippen LogP contribution is 2.26. The summed E-state index contributed by atoms with van der Waals surface area (Å²) in [5, 5.41) is 4.34. The largest absolute Gasteiger partial charge is 0.384 e. The molecule has 0 unspecified atom stereocenters. The first kappa shape index (κ1) is 9.10. The average molecular weight is 167 g/mol. The quantitative estimate of drug-likeness (QED) is 0.728. The van der Waals surface area contributed by atoms with Crippen LogP contribution in [0.2, 0.25) is 0 Å². The first-order valence-corrected chi connectivity index (χ1v) is 4.27. The van der Waals surface area contributed by atoms with Crippen LogP contribution >= 0.6 is 0 Å². The van der Waals surface area contributed by atoms with Crippen molar-refractivity contribution in [1.82, 2.24) is 9.78 Å². The minimum absolute atomic E-state index is 0.134. The van der Waals surface area contributed by atoms with Gasteiger partial charge in [0.05, 0.1) is 5.69 Å². The third-order valence-corrected chi connectivity index (χ3v) is 2.49. The maximum atomic E-state index is 5.69. The van der Waals surface area contributed by atoms with Gasteiger partial charge in [0, 0.05) is 18.5 Å². The monoisotopic (exact) mass is 167 g/mol. The van der Waals surface area contributed by atoms with Gasteiger partial charge in [-0.1, -0.05) is 20.8 Å². The molecule has 3 heteroatoms. The fourth-order valence-corrected chi connectivity index (χ4v) is 0.994. The van der Waals surface area contributed by atoms with Crippen molar-refractivity contribution in [2.24, 2.45) is 7.05 Å². The lowest BCUT2D eigenvalue weighted by Crippen LogP contribution is -2.16. The van der Waals surface area contributed by atoms with Gasteiger partial charge in [-0.15, -0.1) is 0 Å². The predicted octanol–water partition coefficient (Wildman–Crippen LogP) is 1.69. The molecule has 0 aliphatic heterocycles. The minimum Gasteiger partial charge on any atom is -0.384 e. The van der Waals surface area contributed by atoms with Crippen molar-refractivity contribution in [2.75, 3.05) is 5.73 Å². The van der Waals surface area contributed by atoms with Crippen LogP contribution in [0.3, 0.4) is 0 Å². The van der Waals surface area contributed by atoms with Gasteiger partial charge in [0.25, 0.3) is 0 Å². The molecule has 12 heavy (non-hydrogen) atoms. The molecular weight excluding hydrogens is 150 g/mol. The lowest BCUT2D eigenvalue weighted by Gasteiger charge is -2.19. The summed E-state index contributed by atoms with van der Waals surface area (Å²) in [7, 11) is 1.87. The smallest absolute Gasteiger partial charge is 0.121 e. The SMILES string of the molecule is CCC(C)(C)c1cc(N)n(C)n1. The highest BCUT2D eigenvalue weighted by Gasteiger charge is 2.21. The Morgan fingerprint density at radius 2 is 2.17 bits per heavy atom. The van der Waals surface area contributed by atoms with E-state index in [4.69, 9.17) is 5.73 Å². The van der Waals surface area contributed by atoms with Crippen LogP contribution in [0.15, 0.2) is 6.07 Å². The van der Waals surface area contributed by atoms with Crippen LogP contribution in [0, 0.1) is 0 Å². The fourth-order valence-electron chi connectivity index (χ4n) is 0.994. The summed E-state index contributed by atoms with van der Waals surface area (Å²) in [6.07, 6.45) is 1.07. The molecule has 0 aliphatic carbocycles. The van der Waals surface area contributed by atoms with E-state index in [1.54, 1.807) is 4.68 Å². The predicted molar refractivity (Wildman–Crippen MR) is 50.9 cm³/mol. The van der Waals surface area contributed by atoms with E-state index in [-0.39, 0.29) is 5.41 Å². The number of aryl methyl sites for hydroxylation is 1. The van der Waals surface area contributed by atoms with E-state index < -0.39 is 0 Å². The molecule has 68 valence electrons. The van der Waals surface area contributed by atoms with Crippen LogP contribution in [-0.4, -0.2) is 9.78 Å². The Balaban J connectivity index is 3.04. The van der Waals surface area contributed by atoms with Gasteiger partial charge in [0.2, 0.25) is 0 Å². The molecule has 2 N–H and O–H groups in total. The second-order valence-electron chi connectivity index (χ2n) is 3.82. The van der Waals surface area contributed by atoms with Gasteiger partial charge in [0.1, 0.15) is 5.82 Å².